The lowest BCUT2D eigenvalue weighted by Gasteiger charge is -2.47. The predicted molar refractivity (Wildman–Crippen MR) is 103 cm³/mol. The maximum atomic E-state index is 13.3. The van der Waals surface area contributed by atoms with Crippen molar-refractivity contribution < 1.29 is 14.3 Å². The second-order valence-corrected chi connectivity index (χ2v) is 6.62. The smallest absolute Gasteiger partial charge is 0.258 e. The van der Waals surface area contributed by atoms with E-state index < -0.39 is 5.66 Å². The normalized spacial score (nSPS) is 18.9. The molecule has 0 fully saturated rings. The minimum atomic E-state index is -0.710. The summed E-state index contributed by atoms with van der Waals surface area (Å²) in [6.07, 6.45) is 1.95. The highest BCUT2D eigenvalue weighted by Crippen LogP contribution is 2.42. The van der Waals surface area contributed by atoms with E-state index in [-0.39, 0.29) is 5.91 Å². The molecule has 2 aromatic carbocycles. The number of benzene rings is 2. The van der Waals surface area contributed by atoms with Crippen LogP contribution >= 0.6 is 0 Å². The van der Waals surface area contributed by atoms with Crippen LogP contribution in [0.1, 0.15) is 42.6 Å². The fourth-order valence-corrected chi connectivity index (χ4v) is 3.51. The maximum Gasteiger partial charge on any atom is 0.258 e. The fourth-order valence-electron chi connectivity index (χ4n) is 3.51. The van der Waals surface area contributed by atoms with Crippen molar-refractivity contribution in [1.29, 1.82) is 0 Å². The third-order valence-corrected chi connectivity index (χ3v) is 4.99. The van der Waals surface area contributed by atoms with Crippen LogP contribution in [0, 0.1) is 0 Å². The van der Waals surface area contributed by atoms with E-state index in [0.717, 1.165) is 29.8 Å². The summed E-state index contributed by atoms with van der Waals surface area (Å²) < 4.78 is 10.9. The molecule has 3 rings (SSSR count). The Bertz CT molecular complexity index is 806. The first-order chi connectivity index (χ1) is 12.5. The highest BCUT2D eigenvalue weighted by molar-refractivity contribution is 6.02. The molecule has 0 radical (unpaired) electrons. The van der Waals surface area contributed by atoms with Gasteiger partial charge in [-0.25, -0.2) is 0 Å². The topological polar surface area (TPSA) is 50.8 Å². The molecule has 0 saturated heterocycles. The average molecular weight is 354 g/mol. The number of nitrogens with one attached hydrogen (secondary N) is 1. The van der Waals surface area contributed by atoms with Crippen molar-refractivity contribution in [3.8, 4) is 11.5 Å². The van der Waals surface area contributed by atoms with E-state index in [0.29, 0.717) is 17.9 Å². The van der Waals surface area contributed by atoms with Gasteiger partial charge in [-0.1, -0.05) is 25.5 Å². The van der Waals surface area contributed by atoms with Crippen molar-refractivity contribution in [3.05, 3.63) is 53.6 Å². The van der Waals surface area contributed by atoms with Crippen LogP contribution < -0.4 is 14.8 Å². The Balaban J connectivity index is 2.14. The molecule has 5 nitrogen and oxygen atoms in total. The van der Waals surface area contributed by atoms with Crippen molar-refractivity contribution in [2.75, 3.05) is 26.1 Å². The summed E-state index contributed by atoms with van der Waals surface area (Å²) in [6, 6.07) is 13.4. The van der Waals surface area contributed by atoms with Gasteiger partial charge in [-0.3, -0.25) is 4.79 Å². The number of carbonyl (C=O) groups is 1. The highest BCUT2D eigenvalue weighted by atomic mass is 16.5. The quantitative estimate of drug-likeness (QED) is 0.843. The Kier molecular flexibility index (Phi) is 5.07. The van der Waals surface area contributed by atoms with E-state index in [1.54, 1.807) is 14.2 Å². The molecule has 0 spiro atoms. The molecule has 1 unspecified atom stereocenters. The zero-order valence-corrected chi connectivity index (χ0v) is 15.8. The Labute approximate surface area is 154 Å². The molecule has 5 heteroatoms. The number of anilines is 1. The van der Waals surface area contributed by atoms with Crippen LogP contribution in [0.25, 0.3) is 0 Å². The van der Waals surface area contributed by atoms with Gasteiger partial charge in [0.05, 0.1) is 19.8 Å². The summed E-state index contributed by atoms with van der Waals surface area (Å²) in [6.45, 7) is 4.82. The summed E-state index contributed by atoms with van der Waals surface area (Å²) in [7, 11) is 3.26. The first-order valence-corrected chi connectivity index (χ1v) is 8.96. The van der Waals surface area contributed by atoms with Crippen LogP contribution in [0.5, 0.6) is 11.5 Å². The van der Waals surface area contributed by atoms with Gasteiger partial charge in [0.15, 0.2) is 0 Å². The molecule has 1 heterocycles. The molecule has 1 amide bonds. The van der Waals surface area contributed by atoms with Gasteiger partial charge in [0.25, 0.3) is 5.91 Å². The monoisotopic (exact) mass is 354 g/mol. The van der Waals surface area contributed by atoms with Gasteiger partial charge < -0.3 is 19.7 Å². The van der Waals surface area contributed by atoms with Crippen LogP contribution in [-0.2, 0) is 5.66 Å². The molecule has 0 aliphatic carbocycles. The molecule has 0 bridgehead atoms. The number of hydrogen-bond acceptors (Lipinski definition) is 4. The van der Waals surface area contributed by atoms with Gasteiger partial charge in [-0.2, -0.15) is 0 Å². The summed E-state index contributed by atoms with van der Waals surface area (Å²) in [5, 5.41) is 3.58. The van der Waals surface area contributed by atoms with E-state index in [4.69, 9.17) is 9.47 Å². The van der Waals surface area contributed by atoms with Crippen LogP contribution in [0.2, 0.25) is 0 Å². The molecule has 2 aromatic rings. The van der Waals surface area contributed by atoms with E-state index in [1.165, 1.54) is 0 Å². The minimum absolute atomic E-state index is 0.0353. The average Bonchev–Trinajstić information content (AvgIpc) is 2.67. The van der Waals surface area contributed by atoms with Crippen LogP contribution in [-0.4, -0.2) is 31.6 Å². The molecule has 0 saturated carbocycles. The van der Waals surface area contributed by atoms with Crippen molar-refractivity contribution in [2.24, 2.45) is 0 Å². The van der Waals surface area contributed by atoms with Crippen LogP contribution in [0.4, 0.5) is 5.69 Å². The second-order valence-electron chi connectivity index (χ2n) is 6.62. The number of amides is 1. The Morgan fingerprint density at radius 1 is 1.12 bits per heavy atom. The number of rotatable bonds is 6. The molecule has 1 aliphatic rings. The van der Waals surface area contributed by atoms with Crippen LogP contribution in [0.15, 0.2) is 42.5 Å². The molecular weight excluding hydrogens is 328 g/mol. The maximum absolute atomic E-state index is 13.3. The first kappa shape index (κ1) is 18.1. The minimum Gasteiger partial charge on any atom is -0.497 e. The summed E-state index contributed by atoms with van der Waals surface area (Å²) in [5.41, 5.74) is 1.73. The number of methoxy groups -OCH3 is 2. The van der Waals surface area contributed by atoms with Gasteiger partial charge in [0, 0.05) is 23.9 Å². The van der Waals surface area contributed by atoms with E-state index >= 15 is 0 Å². The number of fused-ring (bicyclic) bond motifs is 1. The Hall–Kier alpha value is -2.69. The molecule has 26 heavy (non-hydrogen) atoms. The van der Waals surface area contributed by atoms with E-state index in [9.17, 15) is 4.79 Å². The number of unbranched alkanes of at least 4 members (excludes halogenated alkanes) is 1. The lowest BCUT2D eigenvalue weighted by molar-refractivity contribution is 0.0526. The predicted octanol–water partition coefficient (Wildman–Crippen LogP) is 4.24. The van der Waals surface area contributed by atoms with Gasteiger partial charge >= 0.3 is 0 Å². The summed E-state index contributed by atoms with van der Waals surface area (Å²) in [4.78, 5) is 15.2. The molecule has 0 aromatic heterocycles. The van der Waals surface area contributed by atoms with Crippen molar-refractivity contribution in [3.63, 3.8) is 0 Å². The lowest BCUT2D eigenvalue weighted by atomic mass is 9.92. The number of para-hydroxylation sites is 1. The van der Waals surface area contributed by atoms with Crippen LogP contribution in [0.3, 0.4) is 0 Å². The Morgan fingerprint density at radius 2 is 1.88 bits per heavy atom. The third kappa shape index (κ3) is 2.98. The molecular formula is C21H26N2O3. The van der Waals surface area contributed by atoms with Gasteiger partial charge in [0.2, 0.25) is 0 Å². The van der Waals surface area contributed by atoms with Crippen molar-refractivity contribution in [2.45, 2.75) is 32.4 Å². The Morgan fingerprint density at radius 3 is 2.58 bits per heavy atom. The highest BCUT2D eigenvalue weighted by Gasteiger charge is 2.43. The number of hydrogen-bond donors (Lipinski definition) is 1. The fraction of sp³-hybridized carbons (Fsp3) is 0.381. The van der Waals surface area contributed by atoms with Crippen molar-refractivity contribution >= 4 is 11.6 Å². The molecule has 138 valence electrons. The molecule has 1 N–H and O–H groups in total. The van der Waals surface area contributed by atoms with E-state index in [1.807, 2.05) is 54.3 Å². The van der Waals surface area contributed by atoms with E-state index in [2.05, 4.69) is 12.2 Å². The third-order valence-electron chi connectivity index (χ3n) is 4.99. The summed E-state index contributed by atoms with van der Waals surface area (Å²) >= 11 is 0. The lowest BCUT2D eigenvalue weighted by Crippen LogP contribution is -2.56. The first-order valence-electron chi connectivity index (χ1n) is 8.96. The van der Waals surface area contributed by atoms with Crippen molar-refractivity contribution in [1.82, 2.24) is 4.90 Å². The largest absolute Gasteiger partial charge is 0.497 e. The second kappa shape index (κ2) is 7.28. The molecule has 1 aliphatic heterocycles. The summed E-state index contributed by atoms with van der Waals surface area (Å²) in [5.74, 6) is 1.44. The number of ether oxygens (including phenoxy) is 2. The standard InChI is InChI=1S/C21H26N2O3/c1-5-6-13-23-20(24)16-9-7-8-10-18(16)22-21(23,2)17-12-11-15(25-3)14-19(17)26-4/h7-12,14,22H,5-6,13H2,1-4H3. The van der Waals surface area contributed by atoms with Gasteiger partial charge in [0.1, 0.15) is 17.2 Å². The zero-order chi connectivity index (χ0) is 18.7. The molecule has 1 atom stereocenters. The van der Waals surface area contributed by atoms with Gasteiger partial charge in [-0.15, -0.1) is 0 Å². The zero-order valence-electron chi connectivity index (χ0n) is 15.8. The number of nitrogens with zero attached hydrogens (tertiary/aromatic N) is 1. The SMILES string of the molecule is CCCCN1C(=O)c2ccccc2NC1(C)c1ccc(OC)cc1OC. The number of carbonyl (C=O) groups excluding carboxylic acids is 1. The van der Waals surface area contributed by atoms with Gasteiger partial charge in [-0.05, 0) is 37.6 Å².